The Hall–Kier alpha value is -2.21. The van der Waals surface area contributed by atoms with Gasteiger partial charge in [-0.1, -0.05) is 36.1 Å². The number of hydrazine groups is 1. The molecule has 0 heterocycles. The van der Waals surface area contributed by atoms with E-state index in [1.807, 2.05) is 0 Å². The number of aliphatic hydroxyl groups excluding tert-OH is 1. The highest BCUT2D eigenvalue weighted by Crippen LogP contribution is 2.12. The van der Waals surface area contributed by atoms with Crippen LogP contribution in [0.1, 0.15) is 6.92 Å². The third-order valence-corrected chi connectivity index (χ3v) is 2.66. The van der Waals surface area contributed by atoms with Gasteiger partial charge in [0, 0.05) is 5.03 Å². The molecule has 0 spiro atoms. The molecule has 1 atom stereocenters. The fourth-order valence-electron chi connectivity index (χ4n) is 1.21. The second-order valence-corrected chi connectivity index (χ2v) is 4.49. The van der Waals surface area contributed by atoms with Gasteiger partial charge in [-0.15, -0.1) is 5.11 Å². The van der Waals surface area contributed by atoms with E-state index < -0.39 is 12.1 Å². The van der Waals surface area contributed by atoms with E-state index >= 15 is 0 Å². The molecule has 0 rings (SSSR count). The van der Waals surface area contributed by atoms with Crippen LogP contribution in [0.3, 0.4) is 0 Å². The van der Waals surface area contributed by atoms with Crippen LogP contribution in [0.4, 0.5) is 0 Å². The third kappa shape index (κ3) is 6.18. The Labute approximate surface area is 128 Å². The first-order valence-electron chi connectivity index (χ1n) is 5.74. The van der Waals surface area contributed by atoms with Crippen LogP contribution in [0, 0.1) is 11.3 Å². The number of nitrogens with zero attached hydrogens (tertiary/aromatic N) is 5. The molecule has 0 aliphatic carbocycles. The quantitative estimate of drug-likeness (QED) is 0.202. The summed E-state index contributed by atoms with van der Waals surface area (Å²) in [5.74, 6) is 10.6. The summed E-state index contributed by atoms with van der Waals surface area (Å²) in [6.07, 6.45) is 3.01. The largest absolute Gasteiger partial charge is 0.393 e. The van der Waals surface area contributed by atoms with Crippen LogP contribution >= 0.6 is 11.6 Å². The van der Waals surface area contributed by atoms with Crippen LogP contribution in [-0.2, 0) is 0 Å². The number of hydrogen-bond donors (Lipinski definition) is 3. The van der Waals surface area contributed by atoms with Crippen molar-refractivity contribution in [3.05, 3.63) is 35.9 Å². The first kappa shape index (κ1) is 18.8. The Morgan fingerprint density at radius 3 is 2.67 bits per heavy atom. The van der Waals surface area contributed by atoms with Gasteiger partial charge < -0.3 is 10.9 Å². The predicted octanol–water partition coefficient (Wildman–Crippen LogP) is 0.983. The summed E-state index contributed by atoms with van der Waals surface area (Å²) in [5.41, 5.74) is -0.599. The Bertz CT molecular complexity index is 520. The average Bonchev–Trinajstić information content (AvgIpc) is 2.46. The molecule has 21 heavy (non-hydrogen) atoms. The molecule has 0 aromatic heterocycles. The fourth-order valence-corrected chi connectivity index (χ4v) is 1.34. The number of rotatable bonds is 8. The zero-order valence-corrected chi connectivity index (χ0v) is 12.5. The van der Waals surface area contributed by atoms with Crippen LogP contribution < -0.4 is 11.7 Å². The van der Waals surface area contributed by atoms with Gasteiger partial charge in [-0.2, -0.15) is 10.4 Å². The first-order chi connectivity index (χ1) is 9.83. The van der Waals surface area contributed by atoms with Crippen LogP contribution in [-0.4, -0.2) is 34.6 Å². The normalized spacial score (nSPS) is 15.4. The molecule has 8 nitrogen and oxygen atoms in total. The van der Waals surface area contributed by atoms with E-state index in [2.05, 4.69) is 28.6 Å². The molecular weight excluding hydrogens is 294 g/mol. The van der Waals surface area contributed by atoms with E-state index in [1.165, 1.54) is 6.08 Å². The molecule has 0 aliphatic heterocycles. The predicted molar refractivity (Wildman–Crippen MR) is 81.7 cm³/mol. The highest BCUT2D eigenvalue weighted by Gasteiger charge is 2.31. The van der Waals surface area contributed by atoms with Crippen molar-refractivity contribution < 1.29 is 5.11 Å². The SMILES string of the molecule is C=C/C(Cl)=C\C(=C)/C(C)=N\N(N)CC(C#N)(CO)N=NN. The maximum absolute atomic E-state index is 9.23. The maximum atomic E-state index is 9.23. The summed E-state index contributed by atoms with van der Waals surface area (Å²) in [5, 5.41) is 30.1. The summed E-state index contributed by atoms with van der Waals surface area (Å²) < 4.78 is 0. The molecule has 0 saturated carbocycles. The van der Waals surface area contributed by atoms with Crippen molar-refractivity contribution in [2.45, 2.75) is 12.5 Å². The Morgan fingerprint density at radius 1 is 1.62 bits per heavy atom. The molecule has 5 N–H and O–H groups in total. The summed E-state index contributed by atoms with van der Waals surface area (Å²) >= 11 is 5.80. The number of allylic oxidation sites excluding steroid dienone is 4. The molecule has 0 saturated heterocycles. The molecule has 0 aliphatic rings. The van der Waals surface area contributed by atoms with Gasteiger partial charge in [0.2, 0.25) is 5.54 Å². The van der Waals surface area contributed by atoms with Crippen LogP contribution in [0.15, 0.2) is 51.4 Å². The van der Waals surface area contributed by atoms with Crippen molar-refractivity contribution in [3.8, 4) is 6.07 Å². The van der Waals surface area contributed by atoms with Gasteiger partial charge in [0.05, 0.1) is 24.9 Å². The zero-order valence-electron chi connectivity index (χ0n) is 11.7. The molecule has 9 heteroatoms. The van der Waals surface area contributed by atoms with Gasteiger partial charge in [0.1, 0.15) is 0 Å². The molecule has 1 unspecified atom stereocenters. The first-order valence-corrected chi connectivity index (χ1v) is 6.12. The van der Waals surface area contributed by atoms with Gasteiger partial charge in [-0.25, -0.2) is 11.0 Å². The van der Waals surface area contributed by atoms with Crippen LogP contribution in [0.5, 0.6) is 0 Å². The van der Waals surface area contributed by atoms with E-state index in [0.29, 0.717) is 16.3 Å². The lowest BCUT2D eigenvalue weighted by Crippen LogP contribution is -2.44. The molecule has 114 valence electrons. The van der Waals surface area contributed by atoms with E-state index in [0.717, 1.165) is 5.12 Å². The van der Waals surface area contributed by atoms with Crippen molar-refractivity contribution in [3.63, 3.8) is 0 Å². The van der Waals surface area contributed by atoms with Crippen molar-refractivity contribution >= 4 is 17.3 Å². The minimum absolute atomic E-state index is 0.204. The summed E-state index contributed by atoms with van der Waals surface area (Å²) in [6, 6.07) is 1.79. The minimum atomic E-state index is -1.58. The molecule has 0 radical (unpaired) electrons. The van der Waals surface area contributed by atoms with E-state index in [-0.39, 0.29) is 6.54 Å². The molecule has 0 fully saturated rings. The number of aliphatic hydroxyl groups is 1. The number of halogens is 1. The van der Waals surface area contributed by atoms with Gasteiger partial charge in [0.25, 0.3) is 0 Å². The van der Waals surface area contributed by atoms with Gasteiger partial charge in [0.15, 0.2) is 0 Å². The van der Waals surface area contributed by atoms with E-state index in [4.69, 9.17) is 28.5 Å². The molecule has 0 aromatic rings. The molecule has 0 amide bonds. The van der Waals surface area contributed by atoms with E-state index in [1.54, 1.807) is 19.1 Å². The average molecular weight is 312 g/mol. The lowest BCUT2D eigenvalue weighted by Gasteiger charge is -2.22. The Kier molecular flexibility index (Phi) is 7.93. The summed E-state index contributed by atoms with van der Waals surface area (Å²) in [4.78, 5) is 0. The molecular formula is C12H18ClN7O. The maximum Gasteiger partial charge on any atom is 0.212 e. The summed E-state index contributed by atoms with van der Waals surface area (Å²) in [6.45, 7) is 8.13. The van der Waals surface area contributed by atoms with Crippen LogP contribution in [0.2, 0.25) is 0 Å². The van der Waals surface area contributed by atoms with Gasteiger partial charge >= 0.3 is 0 Å². The number of hydrogen-bond acceptors (Lipinski definition) is 7. The fraction of sp³-hybridized carbons (Fsp3) is 0.333. The monoisotopic (exact) mass is 311 g/mol. The van der Waals surface area contributed by atoms with Crippen molar-refractivity contribution in [1.82, 2.24) is 5.12 Å². The van der Waals surface area contributed by atoms with Crippen molar-refractivity contribution in [2.24, 2.45) is 27.1 Å². The zero-order chi connectivity index (χ0) is 16.5. The van der Waals surface area contributed by atoms with E-state index in [9.17, 15) is 5.11 Å². The Balaban J connectivity index is 5.07. The number of hydrazone groups is 1. The Morgan fingerprint density at radius 2 is 2.24 bits per heavy atom. The van der Waals surface area contributed by atoms with Crippen molar-refractivity contribution in [2.75, 3.05) is 13.2 Å². The topological polar surface area (TPSA) is 136 Å². The van der Waals surface area contributed by atoms with Crippen LogP contribution in [0.25, 0.3) is 0 Å². The minimum Gasteiger partial charge on any atom is -0.393 e. The highest BCUT2D eigenvalue weighted by atomic mass is 35.5. The summed E-state index contributed by atoms with van der Waals surface area (Å²) in [7, 11) is 0. The third-order valence-electron chi connectivity index (χ3n) is 2.39. The van der Waals surface area contributed by atoms with Crippen molar-refractivity contribution in [1.29, 1.82) is 5.26 Å². The highest BCUT2D eigenvalue weighted by molar-refractivity contribution is 6.31. The second kappa shape index (κ2) is 8.86. The number of nitriles is 1. The van der Waals surface area contributed by atoms with Gasteiger partial charge in [-0.3, -0.25) is 0 Å². The van der Waals surface area contributed by atoms with Gasteiger partial charge in [-0.05, 0) is 18.6 Å². The second-order valence-electron chi connectivity index (χ2n) is 4.06. The smallest absolute Gasteiger partial charge is 0.212 e. The standard InChI is InChI=1S/C12H18ClN7O/c1-4-11(13)5-9(2)10(3)17-20(16)7-12(6-14,8-21)18-19-15/h4-5,21H,1-2,7-8,16H2,3H3,(H2,15,18)/b11-5+,17-10-. The molecule has 0 aromatic carbocycles. The molecule has 0 bridgehead atoms. The number of nitrogens with two attached hydrogens (primary N) is 2. The lowest BCUT2D eigenvalue weighted by atomic mass is 10.1. The lowest BCUT2D eigenvalue weighted by molar-refractivity contribution is 0.169.